The molecule has 1 aliphatic rings. The van der Waals surface area contributed by atoms with Crippen LogP contribution >= 0.6 is 0 Å². The van der Waals surface area contributed by atoms with Crippen LogP contribution in [0.3, 0.4) is 0 Å². The molecule has 90 valence electrons. The molecule has 0 aromatic heterocycles. The molecule has 1 heterocycles. The highest BCUT2D eigenvalue weighted by Gasteiger charge is 2.48. The van der Waals surface area contributed by atoms with Crippen LogP contribution < -0.4 is 0 Å². The Morgan fingerprint density at radius 1 is 1.56 bits per heavy atom. The molecule has 0 radical (unpaired) electrons. The standard InChI is InChI=1S/C12H18O3S/c1-4-6-12(11(13)9-10(2)3)7-5-8-16(12,14)15/h4-5,7,10H,1,6,8-9H2,2-3H3. The molecule has 0 aliphatic carbocycles. The summed E-state index contributed by atoms with van der Waals surface area (Å²) in [4.78, 5) is 12.1. The number of hydrogen-bond acceptors (Lipinski definition) is 3. The lowest BCUT2D eigenvalue weighted by Crippen LogP contribution is -2.43. The lowest BCUT2D eigenvalue weighted by Gasteiger charge is -2.24. The van der Waals surface area contributed by atoms with Crippen molar-refractivity contribution in [2.75, 3.05) is 5.75 Å². The molecule has 0 aromatic carbocycles. The van der Waals surface area contributed by atoms with Gasteiger partial charge in [0.05, 0.1) is 5.75 Å². The van der Waals surface area contributed by atoms with Crippen molar-refractivity contribution >= 4 is 15.6 Å². The Morgan fingerprint density at radius 3 is 2.56 bits per heavy atom. The van der Waals surface area contributed by atoms with Gasteiger partial charge in [-0.1, -0.05) is 32.1 Å². The van der Waals surface area contributed by atoms with Crippen LogP contribution in [-0.4, -0.2) is 24.7 Å². The maximum absolute atomic E-state index is 12.1. The minimum atomic E-state index is -3.39. The summed E-state index contributed by atoms with van der Waals surface area (Å²) in [5, 5.41) is 0. The second-order valence-electron chi connectivity index (χ2n) is 4.59. The second-order valence-corrected chi connectivity index (χ2v) is 6.88. The van der Waals surface area contributed by atoms with Crippen LogP contribution in [0.1, 0.15) is 26.7 Å². The largest absolute Gasteiger partial charge is 0.298 e. The zero-order valence-electron chi connectivity index (χ0n) is 9.77. The molecule has 1 aliphatic heterocycles. The molecule has 1 unspecified atom stereocenters. The van der Waals surface area contributed by atoms with Crippen LogP contribution in [0.25, 0.3) is 0 Å². The highest BCUT2D eigenvalue weighted by Crippen LogP contribution is 2.33. The molecular weight excluding hydrogens is 224 g/mol. The summed E-state index contributed by atoms with van der Waals surface area (Å²) < 4.78 is 22.6. The smallest absolute Gasteiger partial charge is 0.170 e. The summed E-state index contributed by atoms with van der Waals surface area (Å²) in [6.45, 7) is 7.36. The Labute approximate surface area is 97.2 Å². The number of rotatable bonds is 5. The quantitative estimate of drug-likeness (QED) is 0.692. The van der Waals surface area contributed by atoms with E-state index in [1.54, 1.807) is 6.08 Å². The number of carbonyl (C=O) groups is 1. The number of carbonyl (C=O) groups excluding carboxylic acids is 1. The van der Waals surface area contributed by atoms with Gasteiger partial charge in [0.15, 0.2) is 20.4 Å². The van der Waals surface area contributed by atoms with E-state index in [1.165, 1.54) is 12.2 Å². The fourth-order valence-electron chi connectivity index (χ4n) is 1.95. The van der Waals surface area contributed by atoms with E-state index in [1.807, 2.05) is 13.8 Å². The molecule has 4 heteroatoms. The van der Waals surface area contributed by atoms with Crippen molar-refractivity contribution in [1.29, 1.82) is 0 Å². The SMILES string of the molecule is C=CCC1(C(=O)CC(C)C)C=CCS1(=O)=O. The molecule has 0 fully saturated rings. The molecule has 0 saturated carbocycles. The molecule has 16 heavy (non-hydrogen) atoms. The average molecular weight is 242 g/mol. The first-order valence-corrected chi connectivity index (χ1v) is 7.05. The van der Waals surface area contributed by atoms with Gasteiger partial charge in [-0.3, -0.25) is 4.79 Å². The molecule has 0 bridgehead atoms. The van der Waals surface area contributed by atoms with Crippen LogP contribution in [0.4, 0.5) is 0 Å². The fourth-order valence-corrected chi connectivity index (χ4v) is 3.70. The molecule has 1 rings (SSSR count). The van der Waals surface area contributed by atoms with Crippen molar-refractivity contribution in [3.05, 3.63) is 24.8 Å². The van der Waals surface area contributed by atoms with Crippen LogP contribution in [0, 0.1) is 5.92 Å². The normalized spacial score (nSPS) is 27.2. The van der Waals surface area contributed by atoms with E-state index < -0.39 is 14.6 Å². The zero-order valence-corrected chi connectivity index (χ0v) is 10.6. The topological polar surface area (TPSA) is 51.2 Å². The number of Topliss-reactive ketones (excluding diaryl/α,β-unsaturated/α-hetero) is 1. The number of ketones is 1. The van der Waals surface area contributed by atoms with Crippen LogP contribution in [-0.2, 0) is 14.6 Å². The molecule has 0 N–H and O–H groups in total. The Morgan fingerprint density at radius 2 is 2.19 bits per heavy atom. The molecule has 0 saturated heterocycles. The predicted molar refractivity (Wildman–Crippen MR) is 64.9 cm³/mol. The third-order valence-electron chi connectivity index (χ3n) is 2.77. The van der Waals surface area contributed by atoms with Crippen molar-refractivity contribution in [1.82, 2.24) is 0 Å². The maximum Gasteiger partial charge on any atom is 0.170 e. The summed E-state index contributed by atoms with van der Waals surface area (Å²) in [6.07, 6.45) is 5.08. The maximum atomic E-state index is 12.1. The fraction of sp³-hybridized carbons (Fsp3) is 0.583. The minimum Gasteiger partial charge on any atom is -0.298 e. The van der Waals surface area contributed by atoms with Gasteiger partial charge >= 0.3 is 0 Å². The highest BCUT2D eigenvalue weighted by molar-refractivity contribution is 7.94. The minimum absolute atomic E-state index is 0.0370. The van der Waals surface area contributed by atoms with Gasteiger partial charge in [-0.2, -0.15) is 0 Å². The zero-order chi connectivity index (χ0) is 12.4. The van der Waals surface area contributed by atoms with Gasteiger partial charge in [0.2, 0.25) is 0 Å². The van der Waals surface area contributed by atoms with E-state index in [4.69, 9.17) is 0 Å². The summed E-state index contributed by atoms with van der Waals surface area (Å²) in [6, 6.07) is 0. The van der Waals surface area contributed by atoms with Gasteiger partial charge in [0.25, 0.3) is 0 Å². The van der Waals surface area contributed by atoms with E-state index in [-0.39, 0.29) is 30.3 Å². The lowest BCUT2D eigenvalue weighted by molar-refractivity contribution is -0.121. The Balaban J connectivity index is 3.12. The molecule has 0 aromatic rings. The van der Waals surface area contributed by atoms with E-state index in [2.05, 4.69) is 6.58 Å². The van der Waals surface area contributed by atoms with Crippen LogP contribution in [0.5, 0.6) is 0 Å². The lowest BCUT2D eigenvalue weighted by atomic mass is 9.92. The van der Waals surface area contributed by atoms with Gasteiger partial charge in [-0.25, -0.2) is 8.42 Å². The third kappa shape index (κ3) is 2.12. The number of hydrogen-bond donors (Lipinski definition) is 0. The summed E-state index contributed by atoms with van der Waals surface area (Å²) >= 11 is 0. The summed E-state index contributed by atoms with van der Waals surface area (Å²) in [5.41, 5.74) is 0. The number of allylic oxidation sites excluding steroid dienone is 1. The summed E-state index contributed by atoms with van der Waals surface area (Å²) in [5.74, 6) is -0.0838. The highest BCUT2D eigenvalue weighted by atomic mass is 32.2. The van der Waals surface area contributed by atoms with E-state index in [0.29, 0.717) is 0 Å². The van der Waals surface area contributed by atoms with Gasteiger partial charge in [-0.05, 0) is 12.3 Å². The average Bonchev–Trinajstić information content (AvgIpc) is 2.42. The van der Waals surface area contributed by atoms with Crippen molar-refractivity contribution in [2.45, 2.75) is 31.4 Å². The molecule has 3 nitrogen and oxygen atoms in total. The van der Waals surface area contributed by atoms with Crippen LogP contribution in [0.2, 0.25) is 0 Å². The van der Waals surface area contributed by atoms with E-state index >= 15 is 0 Å². The van der Waals surface area contributed by atoms with Crippen molar-refractivity contribution in [3.63, 3.8) is 0 Å². The van der Waals surface area contributed by atoms with Gasteiger partial charge in [-0.15, -0.1) is 6.58 Å². The van der Waals surface area contributed by atoms with E-state index in [0.717, 1.165) is 0 Å². The molecule has 0 spiro atoms. The van der Waals surface area contributed by atoms with E-state index in [9.17, 15) is 13.2 Å². The molecular formula is C12H18O3S. The van der Waals surface area contributed by atoms with Crippen molar-refractivity contribution in [2.24, 2.45) is 5.92 Å². The first kappa shape index (κ1) is 13.2. The Kier molecular flexibility index (Phi) is 3.73. The summed E-state index contributed by atoms with van der Waals surface area (Å²) in [7, 11) is -3.39. The monoisotopic (exact) mass is 242 g/mol. The Bertz CT molecular complexity index is 418. The van der Waals surface area contributed by atoms with Crippen molar-refractivity contribution in [3.8, 4) is 0 Å². The first-order chi connectivity index (χ1) is 7.35. The predicted octanol–water partition coefficient (Wildman–Crippen LogP) is 1.90. The van der Waals surface area contributed by atoms with Crippen LogP contribution in [0.15, 0.2) is 24.8 Å². The number of sulfone groups is 1. The van der Waals surface area contributed by atoms with Gasteiger partial charge in [0.1, 0.15) is 0 Å². The second kappa shape index (κ2) is 4.53. The van der Waals surface area contributed by atoms with Crippen molar-refractivity contribution < 1.29 is 13.2 Å². The van der Waals surface area contributed by atoms with Gasteiger partial charge < -0.3 is 0 Å². The first-order valence-electron chi connectivity index (χ1n) is 5.40. The molecule has 0 amide bonds. The van der Waals surface area contributed by atoms with Gasteiger partial charge in [0, 0.05) is 6.42 Å². The Hall–Kier alpha value is -0.900. The third-order valence-corrected chi connectivity index (χ3v) is 5.04. The molecule has 1 atom stereocenters.